The molecule has 2 aromatic rings. The summed E-state index contributed by atoms with van der Waals surface area (Å²) in [6.45, 7) is 2.08. The molecule has 0 amide bonds. The van der Waals surface area contributed by atoms with E-state index in [4.69, 9.17) is 10.5 Å². The van der Waals surface area contributed by atoms with Gasteiger partial charge in [-0.1, -0.05) is 0 Å². The maximum absolute atomic E-state index is 11.5. The van der Waals surface area contributed by atoms with Crippen LogP contribution in [0.4, 0.5) is 5.69 Å². The van der Waals surface area contributed by atoms with Gasteiger partial charge in [-0.05, 0) is 28.9 Å². The van der Waals surface area contributed by atoms with Crippen LogP contribution in [0.25, 0.3) is 5.65 Å². The van der Waals surface area contributed by atoms with Crippen LogP contribution in [0, 0.1) is 0 Å². The third kappa shape index (κ3) is 1.88. The van der Waals surface area contributed by atoms with Crippen molar-refractivity contribution >= 4 is 33.2 Å². The van der Waals surface area contributed by atoms with Crippen LogP contribution in [-0.4, -0.2) is 22.0 Å². The van der Waals surface area contributed by atoms with Gasteiger partial charge in [0.25, 0.3) is 0 Å². The van der Waals surface area contributed by atoms with Gasteiger partial charge in [0.15, 0.2) is 11.3 Å². The Hall–Kier alpha value is -1.56. The molecule has 2 heterocycles. The minimum absolute atomic E-state index is 0.271. The molecule has 2 rings (SSSR count). The maximum atomic E-state index is 11.5. The molecule has 16 heavy (non-hydrogen) atoms. The van der Waals surface area contributed by atoms with E-state index in [2.05, 4.69) is 20.9 Å². The Morgan fingerprint density at radius 1 is 1.62 bits per heavy atom. The highest BCUT2D eigenvalue weighted by Crippen LogP contribution is 2.20. The number of esters is 1. The minimum atomic E-state index is -0.434. The van der Waals surface area contributed by atoms with Gasteiger partial charge < -0.3 is 14.9 Å². The fraction of sp³-hybridized carbons (Fsp3) is 0.200. The molecule has 5 nitrogen and oxygen atoms in total. The summed E-state index contributed by atoms with van der Waals surface area (Å²) in [5.41, 5.74) is 7.17. The Balaban J connectivity index is 2.51. The van der Waals surface area contributed by atoms with E-state index in [1.165, 1.54) is 0 Å². The van der Waals surface area contributed by atoms with Crippen molar-refractivity contribution in [1.82, 2.24) is 9.38 Å². The second-order valence-electron chi connectivity index (χ2n) is 3.20. The Kier molecular flexibility index (Phi) is 2.82. The SMILES string of the molecule is CCOC(=O)c1cn2cc(N)cc(Br)c2n1. The lowest BCUT2D eigenvalue weighted by Gasteiger charge is -1.97. The summed E-state index contributed by atoms with van der Waals surface area (Å²) >= 11 is 3.33. The second-order valence-corrected chi connectivity index (χ2v) is 4.05. The molecule has 0 aliphatic heterocycles. The molecule has 0 radical (unpaired) electrons. The highest BCUT2D eigenvalue weighted by atomic mass is 79.9. The number of anilines is 1. The average Bonchev–Trinajstić information content (AvgIpc) is 2.62. The van der Waals surface area contributed by atoms with E-state index in [0.717, 1.165) is 4.47 Å². The van der Waals surface area contributed by atoms with Crippen molar-refractivity contribution in [3.63, 3.8) is 0 Å². The molecule has 0 unspecified atom stereocenters. The van der Waals surface area contributed by atoms with Gasteiger partial charge in [-0.15, -0.1) is 0 Å². The number of nitrogens with zero attached hydrogens (tertiary/aromatic N) is 2. The van der Waals surface area contributed by atoms with Gasteiger partial charge in [0.05, 0.1) is 11.1 Å². The molecular weight excluding hydrogens is 274 g/mol. The van der Waals surface area contributed by atoms with Crippen molar-refractivity contribution in [3.8, 4) is 0 Å². The van der Waals surface area contributed by atoms with Crippen molar-refractivity contribution in [3.05, 3.63) is 28.6 Å². The molecule has 2 N–H and O–H groups in total. The lowest BCUT2D eigenvalue weighted by molar-refractivity contribution is 0.0520. The third-order valence-corrected chi connectivity index (χ3v) is 2.60. The van der Waals surface area contributed by atoms with Gasteiger partial charge in [-0.3, -0.25) is 0 Å². The van der Waals surface area contributed by atoms with E-state index < -0.39 is 5.97 Å². The normalized spacial score (nSPS) is 10.6. The molecule has 0 aromatic carbocycles. The number of ether oxygens (including phenoxy) is 1. The van der Waals surface area contributed by atoms with E-state index in [9.17, 15) is 4.79 Å². The predicted octanol–water partition coefficient (Wildman–Crippen LogP) is 1.86. The van der Waals surface area contributed by atoms with Crippen LogP contribution in [-0.2, 0) is 4.74 Å². The Bertz CT molecular complexity index is 550. The predicted molar refractivity (Wildman–Crippen MR) is 63.3 cm³/mol. The molecule has 0 bridgehead atoms. The van der Waals surface area contributed by atoms with Crippen LogP contribution < -0.4 is 5.73 Å². The first kappa shape index (κ1) is 10.9. The lowest BCUT2D eigenvalue weighted by Crippen LogP contribution is -2.04. The average molecular weight is 284 g/mol. The van der Waals surface area contributed by atoms with E-state index >= 15 is 0 Å². The van der Waals surface area contributed by atoms with Crippen LogP contribution in [0.15, 0.2) is 22.9 Å². The molecule has 0 atom stereocenters. The minimum Gasteiger partial charge on any atom is -0.461 e. The molecule has 0 fully saturated rings. The summed E-state index contributed by atoms with van der Waals surface area (Å²) in [6, 6.07) is 1.73. The van der Waals surface area contributed by atoms with Gasteiger partial charge in [-0.2, -0.15) is 0 Å². The molecule has 2 aromatic heterocycles. The number of aromatic nitrogens is 2. The Labute approximate surface area is 100 Å². The summed E-state index contributed by atoms with van der Waals surface area (Å²) in [5, 5.41) is 0. The third-order valence-electron chi connectivity index (χ3n) is 2.01. The number of rotatable bonds is 2. The number of pyridine rings is 1. The summed E-state index contributed by atoms with van der Waals surface area (Å²) in [4.78, 5) is 15.6. The molecule has 0 aliphatic rings. The van der Waals surface area contributed by atoms with Gasteiger partial charge >= 0.3 is 5.97 Å². The highest BCUT2D eigenvalue weighted by Gasteiger charge is 2.13. The Morgan fingerprint density at radius 3 is 3.06 bits per heavy atom. The number of halogens is 1. The van der Waals surface area contributed by atoms with Crippen LogP contribution in [0.1, 0.15) is 17.4 Å². The molecule has 0 aliphatic carbocycles. The van der Waals surface area contributed by atoms with Crippen molar-refractivity contribution in [2.75, 3.05) is 12.3 Å². The van der Waals surface area contributed by atoms with Crippen LogP contribution in [0.3, 0.4) is 0 Å². The smallest absolute Gasteiger partial charge is 0.358 e. The van der Waals surface area contributed by atoms with Crippen LogP contribution in [0.5, 0.6) is 0 Å². The zero-order valence-electron chi connectivity index (χ0n) is 8.61. The van der Waals surface area contributed by atoms with Gasteiger partial charge in [0.2, 0.25) is 0 Å². The van der Waals surface area contributed by atoms with Crippen molar-refractivity contribution in [2.45, 2.75) is 6.92 Å². The zero-order valence-corrected chi connectivity index (χ0v) is 10.2. The highest BCUT2D eigenvalue weighted by molar-refractivity contribution is 9.10. The van der Waals surface area contributed by atoms with E-state index in [-0.39, 0.29) is 5.69 Å². The summed E-state index contributed by atoms with van der Waals surface area (Å²) in [6.07, 6.45) is 3.28. The number of fused-ring (bicyclic) bond motifs is 1. The van der Waals surface area contributed by atoms with Crippen LogP contribution >= 0.6 is 15.9 Å². The number of imidazole rings is 1. The second kappa shape index (κ2) is 4.13. The molecule has 6 heteroatoms. The van der Waals surface area contributed by atoms with E-state index in [1.807, 2.05) is 0 Å². The van der Waals surface area contributed by atoms with Crippen molar-refractivity contribution < 1.29 is 9.53 Å². The number of nitrogens with two attached hydrogens (primary N) is 1. The quantitative estimate of drug-likeness (QED) is 0.854. The van der Waals surface area contributed by atoms with Gasteiger partial charge in [0, 0.05) is 18.1 Å². The largest absolute Gasteiger partial charge is 0.461 e. The number of hydrogen-bond acceptors (Lipinski definition) is 4. The molecule has 0 saturated carbocycles. The molecule has 0 saturated heterocycles. The Morgan fingerprint density at radius 2 is 2.38 bits per heavy atom. The maximum Gasteiger partial charge on any atom is 0.358 e. The first-order valence-electron chi connectivity index (χ1n) is 4.72. The first-order valence-corrected chi connectivity index (χ1v) is 5.52. The molecule has 0 spiro atoms. The van der Waals surface area contributed by atoms with Crippen LogP contribution in [0.2, 0.25) is 0 Å². The zero-order chi connectivity index (χ0) is 11.7. The lowest BCUT2D eigenvalue weighted by atomic mass is 10.4. The summed E-state index contributed by atoms with van der Waals surface area (Å²) in [5.74, 6) is -0.434. The monoisotopic (exact) mass is 283 g/mol. The fourth-order valence-electron chi connectivity index (χ4n) is 1.38. The van der Waals surface area contributed by atoms with E-state index in [0.29, 0.717) is 17.9 Å². The fourth-order valence-corrected chi connectivity index (χ4v) is 1.94. The molecular formula is C10H10BrN3O2. The van der Waals surface area contributed by atoms with Crippen molar-refractivity contribution in [1.29, 1.82) is 0 Å². The van der Waals surface area contributed by atoms with E-state index in [1.54, 1.807) is 29.8 Å². The number of carbonyl (C=O) groups is 1. The number of nitrogen functional groups attached to an aromatic ring is 1. The summed E-state index contributed by atoms with van der Waals surface area (Å²) < 4.78 is 7.29. The van der Waals surface area contributed by atoms with Gasteiger partial charge in [-0.25, -0.2) is 9.78 Å². The molecule has 84 valence electrons. The first-order chi connectivity index (χ1) is 7.61. The number of carbonyl (C=O) groups excluding carboxylic acids is 1. The number of hydrogen-bond donors (Lipinski definition) is 1. The summed E-state index contributed by atoms with van der Waals surface area (Å²) in [7, 11) is 0. The van der Waals surface area contributed by atoms with Gasteiger partial charge in [0.1, 0.15) is 0 Å². The topological polar surface area (TPSA) is 69.6 Å². The van der Waals surface area contributed by atoms with Crippen molar-refractivity contribution in [2.24, 2.45) is 0 Å². The standard InChI is InChI=1S/C10H10BrN3O2/c1-2-16-10(15)8-5-14-4-6(12)3-7(11)9(14)13-8/h3-5H,2,12H2,1H3.